The third-order valence-electron chi connectivity index (χ3n) is 1.89. The number of rotatable bonds is 2. The van der Waals surface area contributed by atoms with Crippen molar-refractivity contribution in [3.63, 3.8) is 0 Å². The van der Waals surface area contributed by atoms with Crippen LogP contribution in [0.1, 0.15) is 27.2 Å². The van der Waals surface area contributed by atoms with E-state index in [9.17, 15) is 9.90 Å². The highest BCUT2D eigenvalue weighted by atomic mass is 16.6. The van der Waals surface area contributed by atoms with Crippen LogP contribution < -0.4 is 0 Å². The predicted octanol–water partition coefficient (Wildman–Crippen LogP) is 0.683. The molecule has 0 radical (unpaired) electrons. The van der Waals surface area contributed by atoms with E-state index >= 15 is 0 Å². The zero-order valence-corrected chi connectivity index (χ0v) is 8.24. The van der Waals surface area contributed by atoms with E-state index in [0.717, 1.165) is 0 Å². The monoisotopic (exact) mass is 188 g/mol. The van der Waals surface area contributed by atoms with E-state index < -0.39 is 6.29 Å². The highest BCUT2D eigenvalue weighted by molar-refractivity contribution is 5.71. The standard InChI is InChI=1S/C9H16O4/c1-9(2,3)8(11)13-6-4-7(10)12-5-6/h6,8,11H,4-5H2,1-3H3. The van der Waals surface area contributed by atoms with Gasteiger partial charge in [-0.1, -0.05) is 20.8 Å². The fourth-order valence-electron chi connectivity index (χ4n) is 0.963. The van der Waals surface area contributed by atoms with Crippen LogP contribution in [0.3, 0.4) is 0 Å². The van der Waals surface area contributed by atoms with Crippen LogP contribution in [0.15, 0.2) is 0 Å². The van der Waals surface area contributed by atoms with Crippen LogP contribution in [-0.4, -0.2) is 30.1 Å². The molecule has 0 aromatic rings. The van der Waals surface area contributed by atoms with Gasteiger partial charge < -0.3 is 14.6 Å². The quantitative estimate of drug-likeness (QED) is 0.511. The number of aliphatic hydroxyl groups is 1. The maximum absolute atomic E-state index is 10.7. The Labute approximate surface area is 77.8 Å². The fraction of sp³-hybridized carbons (Fsp3) is 0.889. The minimum atomic E-state index is -0.855. The molecule has 0 aromatic heterocycles. The van der Waals surface area contributed by atoms with Gasteiger partial charge in [0.2, 0.25) is 0 Å². The van der Waals surface area contributed by atoms with Crippen molar-refractivity contribution in [2.24, 2.45) is 5.41 Å². The van der Waals surface area contributed by atoms with Crippen molar-refractivity contribution in [1.82, 2.24) is 0 Å². The number of aliphatic hydroxyl groups excluding tert-OH is 1. The third kappa shape index (κ3) is 2.97. The van der Waals surface area contributed by atoms with Crippen molar-refractivity contribution in [2.75, 3.05) is 6.61 Å². The molecule has 1 heterocycles. The molecule has 1 aliphatic rings. The van der Waals surface area contributed by atoms with Crippen LogP contribution in [0.4, 0.5) is 0 Å². The summed E-state index contributed by atoms with van der Waals surface area (Å²) in [5, 5.41) is 9.54. The molecule has 2 unspecified atom stereocenters. The first-order valence-corrected chi connectivity index (χ1v) is 4.39. The molecule has 2 atom stereocenters. The molecule has 4 heteroatoms. The Kier molecular flexibility index (Phi) is 2.93. The Morgan fingerprint density at radius 3 is 2.62 bits per heavy atom. The molecule has 76 valence electrons. The van der Waals surface area contributed by atoms with Gasteiger partial charge in [0.25, 0.3) is 0 Å². The molecule has 0 saturated carbocycles. The number of hydrogen-bond acceptors (Lipinski definition) is 4. The second kappa shape index (κ2) is 3.64. The molecule has 13 heavy (non-hydrogen) atoms. The van der Waals surface area contributed by atoms with E-state index in [1.54, 1.807) is 0 Å². The van der Waals surface area contributed by atoms with Crippen molar-refractivity contribution in [2.45, 2.75) is 39.6 Å². The minimum absolute atomic E-state index is 0.243. The molecule has 1 N–H and O–H groups in total. The number of hydrogen-bond donors (Lipinski definition) is 1. The zero-order chi connectivity index (χ0) is 10.1. The van der Waals surface area contributed by atoms with Crippen molar-refractivity contribution < 1.29 is 19.4 Å². The molecule has 0 spiro atoms. The van der Waals surface area contributed by atoms with Gasteiger partial charge in [0, 0.05) is 5.41 Å². The van der Waals surface area contributed by atoms with Gasteiger partial charge in [0.1, 0.15) is 12.7 Å². The Morgan fingerprint density at radius 1 is 1.62 bits per heavy atom. The van der Waals surface area contributed by atoms with Crippen molar-refractivity contribution >= 4 is 5.97 Å². The number of cyclic esters (lactones) is 1. The van der Waals surface area contributed by atoms with Crippen LogP contribution in [0, 0.1) is 5.41 Å². The second-order valence-corrected chi connectivity index (χ2v) is 4.36. The summed E-state index contributed by atoms with van der Waals surface area (Å²) in [7, 11) is 0. The number of esters is 1. The lowest BCUT2D eigenvalue weighted by atomic mass is 9.96. The first kappa shape index (κ1) is 10.5. The van der Waals surface area contributed by atoms with E-state index in [1.165, 1.54) is 0 Å². The van der Waals surface area contributed by atoms with Gasteiger partial charge in [-0.2, -0.15) is 0 Å². The SMILES string of the molecule is CC(C)(C)C(O)OC1COC(=O)C1. The minimum Gasteiger partial charge on any atom is -0.463 e. The zero-order valence-electron chi connectivity index (χ0n) is 8.24. The average Bonchev–Trinajstić information content (AvgIpc) is 2.33. The van der Waals surface area contributed by atoms with Gasteiger partial charge >= 0.3 is 5.97 Å². The largest absolute Gasteiger partial charge is 0.463 e. The molecule has 0 aliphatic carbocycles. The lowest BCUT2D eigenvalue weighted by molar-refractivity contribution is -0.186. The first-order valence-electron chi connectivity index (χ1n) is 4.39. The molecule has 0 amide bonds. The van der Waals surface area contributed by atoms with Gasteiger partial charge in [-0.15, -0.1) is 0 Å². The summed E-state index contributed by atoms with van der Waals surface area (Å²) < 4.78 is 9.96. The topological polar surface area (TPSA) is 55.8 Å². The highest BCUT2D eigenvalue weighted by Crippen LogP contribution is 2.23. The van der Waals surface area contributed by atoms with Gasteiger partial charge in [-0.3, -0.25) is 4.79 Å². The lowest BCUT2D eigenvalue weighted by Gasteiger charge is -2.27. The normalized spacial score (nSPS) is 25.8. The summed E-state index contributed by atoms with van der Waals surface area (Å²) in [4.78, 5) is 10.7. The van der Waals surface area contributed by atoms with E-state index in [0.29, 0.717) is 0 Å². The molecule has 1 aliphatic heterocycles. The lowest BCUT2D eigenvalue weighted by Crippen LogP contribution is -2.33. The number of carbonyl (C=O) groups excluding carboxylic acids is 1. The second-order valence-electron chi connectivity index (χ2n) is 4.36. The van der Waals surface area contributed by atoms with Gasteiger partial charge in [0.15, 0.2) is 6.29 Å². The molecule has 1 saturated heterocycles. The van der Waals surface area contributed by atoms with Crippen LogP contribution in [-0.2, 0) is 14.3 Å². The van der Waals surface area contributed by atoms with E-state index in [4.69, 9.17) is 9.47 Å². The summed E-state index contributed by atoms with van der Waals surface area (Å²) in [6.45, 7) is 5.87. The Morgan fingerprint density at radius 2 is 2.23 bits per heavy atom. The van der Waals surface area contributed by atoms with Gasteiger partial charge in [0.05, 0.1) is 6.42 Å². The average molecular weight is 188 g/mol. The first-order chi connectivity index (χ1) is 5.89. The van der Waals surface area contributed by atoms with Crippen molar-refractivity contribution in [3.05, 3.63) is 0 Å². The summed E-state index contributed by atoms with van der Waals surface area (Å²) in [6.07, 6.45) is -0.902. The molecule has 1 fully saturated rings. The summed E-state index contributed by atoms with van der Waals surface area (Å²) in [5.41, 5.74) is -0.328. The Bertz CT molecular complexity index is 194. The van der Waals surface area contributed by atoms with Crippen molar-refractivity contribution in [1.29, 1.82) is 0 Å². The van der Waals surface area contributed by atoms with Crippen LogP contribution in [0.5, 0.6) is 0 Å². The maximum atomic E-state index is 10.7. The van der Waals surface area contributed by atoms with Crippen molar-refractivity contribution in [3.8, 4) is 0 Å². The molecular formula is C9H16O4. The van der Waals surface area contributed by atoms with Crippen LogP contribution in [0.2, 0.25) is 0 Å². The van der Waals surface area contributed by atoms with E-state index in [-0.39, 0.29) is 30.5 Å². The fourth-order valence-corrected chi connectivity index (χ4v) is 0.963. The van der Waals surface area contributed by atoms with E-state index in [2.05, 4.69) is 0 Å². The number of carbonyl (C=O) groups is 1. The predicted molar refractivity (Wildman–Crippen MR) is 45.9 cm³/mol. The summed E-state index contributed by atoms with van der Waals surface area (Å²) in [5.74, 6) is -0.258. The van der Waals surface area contributed by atoms with Crippen LogP contribution >= 0.6 is 0 Å². The maximum Gasteiger partial charge on any atom is 0.308 e. The van der Waals surface area contributed by atoms with Crippen LogP contribution in [0.25, 0.3) is 0 Å². The van der Waals surface area contributed by atoms with Gasteiger partial charge in [-0.05, 0) is 0 Å². The molecule has 0 aromatic carbocycles. The van der Waals surface area contributed by atoms with E-state index in [1.807, 2.05) is 20.8 Å². The molecular weight excluding hydrogens is 172 g/mol. The van der Waals surface area contributed by atoms with Gasteiger partial charge in [-0.25, -0.2) is 0 Å². The highest BCUT2D eigenvalue weighted by Gasteiger charge is 2.31. The Hall–Kier alpha value is -0.610. The Balaban J connectivity index is 2.37. The third-order valence-corrected chi connectivity index (χ3v) is 1.89. The molecule has 0 bridgehead atoms. The molecule has 4 nitrogen and oxygen atoms in total. The smallest absolute Gasteiger partial charge is 0.308 e. The molecule has 1 rings (SSSR count). The number of ether oxygens (including phenoxy) is 2. The summed E-state index contributed by atoms with van der Waals surface area (Å²) in [6, 6.07) is 0. The summed E-state index contributed by atoms with van der Waals surface area (Å²) >= 11 is 0.